The zero-order chi connectivity index (χ0) is 25.0. The maximum atomic E-state index is 13.1. The quantitative estimate of drug-likeness (QED) is 0.471. The summed E-state index contributed by atoms with van der Waals surface area (Å²) in [6, 6.07) is 13.0. The fourth-order valence-electron chi connectivity index (χ4n) is 3.33. The van der Waals surface area contributed by atoms with Gasteiger partial charge in [0, 0.05) is 24.8 Å². The summed E-state index contributed by atoms with van der Waals surface area (Å²) in [5, 5.41) is 9.68. The maximum absolute atomic E-state index is 13.1. The van der Waals surface area contributed by atoms with E-state index in [4.69, 9.17) is 4.74 Å². The molecular formula is C23H25N3O7S. The Labute approximate surface area is 196 Å². The minimum atomic E-state index is -4.19. The van der Waals surface area contributed by atoms with Crippen LogP contribution in [0.2, 0.25) is 0 Å². The lowest BCUT2D eigenvalue weighted by atomic mass is 10.2. The normalized spacial score (nSPS) is 12.5. The molecule has 1 heterocycles. The first-order chi connectivity index (χ1) is 16.0. The Kier molecular flexibility index (Phi) is 7.38. The van der Waals surface area contributed by atoms with Gasteiger partial charge in [0.1, 0.15) is 17.5 Å². The minimum Gasteiger partial charge on any atom is -0.480 e. The van der Waals surface area contributed by atoms with Crippen LogP contribution in [-0.2, 0) is 21.4 Å². The first-order valence-electron chi connectivity index (χ1n) is 10.4. The Morgan fingerprint density at radius 3 is 2.24 bits per heavy atom. The van der Waals surface area contributed by atoms with Gasteiger partial charge in [-0.15, -0.1) is 0 Å². The van der Waals surface area contributed by atoms with Crippen molar-refractivity contribution < 1.29 is 23.1 Å². The van der Waals surface area contributed by atoms with Gasteiger partial charge in [-0.25, -0.2) is 13.2 Å². The van der Waals surface area contributed by atoms with Crippen molar-refractivity contribution in [2.45, 2.75) is 37.8 Å². The lowest BCUT2D eigenvalue weighted by molar-refractivity contribution is -0.141. The molecule has 3 rings (SSSR count). The van der Waals surface area contributed by atoms with Gasteiger partial charge in [0.05, 0.1) is 4.90 Å². The Morgan fingerprint density at radius 1 is 1.06 bits per heavy atom. The predicted octanol–water partition coefficient (Wildman–Crippen LogP) is 2.11. The molecule has 0 radical (unpaired) electrons. The number of hydrogen-bond acceptors (Lipinski definition) is 6. The van der Waals surface area contributed by atoms with Gasteiger partial charge in [-0.05, 0) is 56.7 Å². The molecule has 1 unspecified atom stereocenters. The third-order valence-electron chi connectivity index (χ3n) is 5.50. The Bertz CT molecular complexity index is 1400. The number of carbonyl (C=O) groups is 1. The smallest absolute Gasteiger partial charge is 0.328 e. The number of nitrogens with zero attached hydrogens (tertiary/aromatic N) is 2. The molecule has 0 saturated heterocycles. The minimum absolute atomic E-state index is 0.122. The second-order valence-electron chi connectivity index (χ2n) is 7.69. The number of likely N-dealkylation sites (N-methyl/N-ethyl adjacent to an activating group) is 1. The molecule has 0 aliphatic carbocycles. The van der Waals surface area contributed by atoms with Crippen molar-refractivity contribution in [3.63, 3.8) is 0 Å². The molecule has 180 valence electrons. The van der Waals surface area contributed by atoms with E-state index in [1.807, 2.05) is 6.07 Å². The molecule has 1 aromatic heterocycles. The highest BCUT2D eigenvalue weighted by molar-refractivity contribution is 7.89. The first-order valence-corrected chi connectivity index (χ1v) is 11.8. The van der Waals surface area contributed by atoms with E-state index < -0.39 is 33.3 Å². The number of para-hydroxylation sites is 1. The third-order valence-corrected chi connectivity index (χ3v) is 7.38. The van der Waals surface area contributed by atoms with Crippen molar-refractivity contribution >= 4 is 16.0 Å². The number of aromatic nitrogens is 2. The number of aliphatic carboxylic acids is 1. The summed E-state index contributed by atoms with van der Waals surface area (Å²) in [6.45, 7) is 2.86. The maximum Gasteiger partial charge on any atom is 0.328 e. The fraction of sp³-hybridized carbons (Fsp3) is 0.261. The molecule has 2 N–H and O–H groups in total. The van der Waals surface area contributed by atoms with Crippen LogP contribution in [0, 0.1) is 13.8 Å². The molecule has 0 amide bonds. The third kappa shape index (κ3) is 5.26. The van der Waals surface area contributed by atoms with Gasteiger partial charge in [0.2, 0.25) is 10.0 Å². The van der Waals surface area contributed by atoms with Crippen molar-refractivity contribution in [3.8, 4) is 11.5 Å². The van der Waals surface area contributed by atoms with Crippen molar-refractivity contribution in [1.29, 1.82) is 0 Å². The highest BCUT2D eigenvalue weighted by Crippen LogP contribution is 2.25. The van der Waals surface area contributed by atoms with Crippen molar-refractivity contribution in [2.75, 3.05) is 7.05 Å². The molecule has 0 spiro atoms. The van der Waals surface area contributed by atoms with Crippen molar-refractivity contribution in [1.82, 2.24) is 13.9 Å². The number of carboxylic acid groups (broad SMARTS) is 1. The molecule has 0 aliphatic rings. The van der Waals surface area contributed by atoms with Crippen LogP contribution in [0.3, 0.4) is 0 Å². The number of hydrogen-bond donors (Lipinski definition) is 2. The molecule has 2 aromatic carbocycles. The Morgan fingerprint density at radius 2 is 1.65 bits per heavy atom. The fourth-order valence-corrected chi connectivity index (χ4v) is 4.67. The number of rotatable bonds is 9. The second kappa shape index (κ2) is 10.1. The zero-order valence-electron chi connectivity index (χ0n) is 18.9. The van der Waals surface area contributed by atoms with Crippen LogP contribution >= 0.6 is 0 Å². The van der Waals surface area contributed by atoms with Crippen molar-refractivity contribution in [2.24, 2.45) is 0 Å². The number of nitrogens with one attached hydrogen (secondary N) is 1. The van der Waals surface area contributed by atoms with Crippen LogP contribution in [-0.4, -0.2) is 46.4 Å². The Hall–Kier alpha value is -3.70. The average molecular weight is 488 g/mol. The van der Waals surface area contributed by atoms with Gasteiger partial charge in [0.15, 0.2) is 0 Å². The van der Waals surface area contributed by atoms with E-state index in [2.05, 4.69) is 4.98 Å². The van der Waals surface area contributed by atoms with E-state index in [1.54, 1.807) is 38.1 Å². The Balaban J connectivity index is 1.80. The van der Waals surface area contributed by atoms with Crippen LogP contribution in [0.5, 0.6) is 11.5 Å². The van der Waals surface area contributed by atoms with Gasteiger partial charge in [-0.2, -0.15) is 4.31 Å². The molecule has 11 heteroatoms. The zero-order valence-corrected chi connectivity index (χ0v) is 19.7. The molecule has 34 heavy (non-hydrogen) atoms. The SMILES string of the molecule is Cc1[nH]c(=O)n(CCC(C(=O)O)N(C)S(=O)(=O)c2ccc(Oc3ccccc3)cc2)c(=O)c1C. The molecule has 0 fully saturated rings. The number of H-pyrrole nitrogens is 1. The monoisotopic (exact) mass is 487 g/mol. The summed E-state index contributed by atoms with van der Waals surface area (Å²) in [4.78, 5) is 38.9. The largest absolute Gasteiger partial charge is 0.480 e. The summed E-state index contributed by atoms with van der Waals surface area (Å²) in [6.07, 6.45) is -0.286. The summed E-state index contributed by atoms with van der Waals surface area (Å²) in [7, 11) is -3.04. The molecule has 10 nitrogen and oxygen atoms in total. The van der Waals surface area contributed by atoms with Crippen molar-refractivity contribution in [3.05, 3.63) is 86.7 Å². The van der Waals surface area contributed by atoms with Crippen LogP contribution in [0.1, 0.15) is 17.7 Å². The lowest BCUT2D eigenvalue weighted by Crippen LogP contribution is -2.45. The van der Waals surface area contributed by atoms with Gasteiger partial charge in [0.25, 0.3) is 5.56 Å². The number of ether oxygens (including phenoxy) is 1. The average Bonchev–Trinajstić information content (AvgIpc) is 2.80. The molecule has 0 saturated carbocycles. The topological polar surface area (TPSA) is 139 Å². The molecular weight excluding hydrogens is 462 g/mol. The highest BCUT2D eigenvalue weighted by Gasteiger charge is 2.33. The van der Waals surface area contributed by atoms with E-state index in [9.17, 15) is 27.9 Å². The number of benzene rings is 2. The summed E-state index contributed by atoms with van der Waals surface area (Å²) in [5.74, 6) is -0.405. The van der Waals surface area contributed by atoms with E-state index in [0.29, 0.717) is 22.8 Å². The number of aryl methyl sites for hydroxylation is 1. The van der Waals surface area contributed by atoms with Crippen LogP contribution in [0.15, 0.2) is 69.1 Å². The molecule has 3 aromatic rings. The van der Waals surface area contributed by atoms with Crippen LogP contribution in [0.4, 0.5) is 0 Å². The molecule has 0 aliphatic heterocycles. The van der Waals surface area contributed by atoms with Gasteiger partial charge >= 0.3 is 11.7 Å². The van der Waals surface area contributed by atoms with Gasteiger partial charge < -0.3 is 14.8 Å². The van der Waals surface area contributed by atoms with Crippen LogP contribution < -0.4 is 16.0 Å². The van der Waals surface area contributed by atoms with Gasteiger partial charge in [-0.1, -0.05) is 18.2 Å². The number of carboxylic acids is 1. The molecule has 0 bridgehead atoms. The van der Waals surface area contributed by atoms with Crippen LogP contribution in [0.25, 0.3) is 0 Å². The van der Waals surface area contributed by atoms with E-state index in [-0.39, 0.29) is 17.9 Å². The van der Waals surface area contributed by atoms with E-state index in [0.717, 1.165) is 15.9 Å². The predicted molar refractivity (Wildman–Crippen MR) is 125 cm³/mol. The second-order valence-corrected chi connectivity index (χ2v) is 9.68. The lowest BCUT2D eigenvalue weighted by Gasteiger charge is -2.24. The number of sulfonamides is 1. The highest BCUT2D eigenvalue weighted by atomic mass is 32.2. The first kappa shape index (κ1) is 24.9. The summed E-state index contributed by atoms with van der Waals surface area (Å²) < 4.78 is 33.4. The van der Waals surface area contributed by atoms with E-state index in [1.165, 1.54) is 24.3 Å². The molecule has 1 atom stereocenters. The summed E-state index contributed by atoms with van der Waals surface area (Å²) in [5.41, 5.74) is -0.493. The van der Waals surface area contributed by atoms with Gasteiger partial charge in [-0.3, -0.25) is 14.2 Å². The van der Waals surface area contributed by atoms with E-state index >= 15 is 0 Å². The number of aromatic amines is 1. The summed E-state index contributed by atoms with van der Waals surface area (Å²) >= 11 is 0. The standard InChI is InChI=1S/C23H25N3O7S/c1-15-16(2)24-23(30)26(21(15)27)14-13-20(22(28)29)25(3)34(31,32)19-11-9-18(10-12-19)33-17-7-5-4-6-8-17/h4-12,20H,13-14H2,1-3H3,(H,24,30)(H,28,29).